The number of ether oxygens (including phenoxy) is 1. The Morgan fingerprint density at radius 2 is 1.27 bits per heavy atom. The van der Waals surface area contributed by atoms with Crippen molar-refractivity contribution in [1.29, 1.82) is 0 Å². The summed E-state index contributed by atoms with van der Waals surface area (Å²) in [7, 11) is 0. The first kappa shape index (κ1) is 17.3. The summed E-state index contributed by atoms with van der Waals surface area (Å²) in [6.07, 6.45) is 0. The van der Waals surface area contributed by atoms with Gasteiger partial charge in [0, 0.05) is 0 Å². The first-order valence-electron chi connectivity index (χ1n) is 8.05. The number of esters is 1. The number of urea groups is 1. The van der Waals surface area contributed by atoms with Crippen molar-refractivity contribution in [1.82, 2.24) is 0 Å². The third-order valence-corrected chi connectivity index (χ3v) is 3.87. The van der Waals surface area contributed by atoms with Gasteiger partial charge in [0.15, 0.2) is 0 Å². The molecule has 7 nitrogen and oxygen atoms in total. The van der Waals surface area contributed by atoms with Crippen molar-refractivity contribution >= 4 is 35.2 Å². The van der Waals surface area contributed by atoms with E-state index in [1.807, 2.05) is 0 Å². The highest BCUT2D eigenvalue weighted by atomic mass is 16.5. The van der Waals surface area contributed by atoms with Crippen LogP contribution in [-0.2, 0) is 19.1 Å². The van der Waals surface area contributed by atoms with Crippen molar-refractivity contribution < 1.29 is 23.9 Å². The van der Waals surface area contributed by atoms with Gasteiger partial charge in [0.1, 0.15) is 0 Å². The maximum Gasteiger partial charge on any atom is 0.342 e. The minimum atomic E-state index is -1.73. The first-order valence-corrected chi connectivity index (χ1v) is 8.05. The van der Waals surface area contributed by atoms with Crippen LogP contribution >= 0.6 is 0 Å². The average molecular weight is 352 g/mol. The second-order valence-electron chi connectivity index (χ2n) is 5.49. The molecule has 4 amide bonds. The molecule has 1 aliphatic rings. The third kappa shape index (κ3) is 2.95. The lowest BCUT2D eigenvalue weighted by atomic mass is 10.0. The lowest BCUT2D eigenvalue weighted by Crippen LogP contribution is -2.62. The molecule has 0 unspecified atom stereocenters. The van der Waals surface area contributed by atoms with Crippen LogP contribution in [0.4, 0.5) is 16.2 Å². The number of hydrogen-bond acceptors (Lipinski definition) is 5. The van der Waals surface area contributed by atoms with E-state index in [2.05, 4.69) is 0 Å². The highest BCUT2D eigenvalue weighted by molar-refractivity contribution is 6.41. The number of carbonyl (C=O) groups is 4. The van der Waals surface area contributed by atoms with Gasteiger partial charge in [0.05, 0.1) is 18.0 Å². The summed E-state index contributed by atoms with van der Waals surface area (Å²) < 4.78 is 4.88. The standard InChI is InChI=1S/C19H16N2O5/c1-2-26-18(24)15-16(22)20(13-9-5-3-6-10-13)19(25)21(17(15)23)14-11-7-4-8-12-14/h3-12,15H,2H2,1H3. The van der Waals surface area contributed by atoms with Crippen LogP contribution in [0.1, 0.15) is 6.92 Å². The number of anilines is 2. The van der Waals surface area contributed by atoms with Gasteiger partial charge < -0.3 is 4.74 Å². The minimum Gasteiger partial charge on any atom is -0.465 e. The van der Waals surface area contributed by atoms with Crippen LogP contribution in [0.25, 0.3) is 0 Å². The summed E-state index contributed by atoms with van der Waals surface area (Å²) in [6.45, 7) is 1.59. The third-order valence-electron chi connectivity index (χ3n) is 3.87. The number of carbonyl (C=O) groups excluding carboxylic acids is 4. The molecule has 0 N–H and O–H groups in total. The zero-order valence-corrected chi connectivity index (χ0v) is 14.0. The number of hydrogen-bond donors (Lipinski definition) is 0. The highest BCUT2D eigenvalue weighted by Crippen LogP contribution is 2.29. The molecule has 7 heteroatoms. The lowest BCUT2D eigenvalue weighted by molar-refractivity contribution is -0.154. The SMILES string of the molecule is CCOC(=O)C1C(=O)N(c2ccccc2)C(=O)N(c2ccccc2)C1=O. The monoisotopic (exact) mass is 352 g/mol. The Morgan fingerprint density at radius 3 is 1.65 bits per heavy atom. The van der Waals surface area contributed by atoms with Crippen LogP contribution in [-0.4, -0.2) is 30.4 Å². The summed E-state index contributed by atoms with van der Waals surface area (Å²) in [4.78, 5) is 52.4. The van der Waals surface area contributed by atoms with Crippen molar-refractivity contribution in [3.8, 4) is 0 Å². The fourth-order valence-electron chi connectivity index (χ4n) is 2.71. The van der Waals surface area contributed by atoms with Crippen molar-refractivity contribution in [3.05, 3.63) is 60.7 Å². The van der Waals surface area contributed by atoms with E-state index in [0.717, 1.165) is 9.80 Å². The van der Waals surface area contributed by atoms with E-state index in [-0.39, 0.29) is 18.0 Å². The summed E-state index contributed by atoms with van der Waals surface area (Å²) in [5.74, 6) is -4.54. The Labute approximate surface area is 149 Å². The van der Waals surface area contributed by atoms with Crippen molar-refractivity contribution in [2.45, 2.75) is 6.92 Å². The number of benzene rings is 2. The molecule has 1 aliphatic heterocycles. The molecular weight excluding hydrogens is 336 g/mol. The smallest absolute Gasteiger partial charge is 0.342 e. The zero-order valence-electron chi connectivity index (χ0n) is 14.0. The molecular formula is C19H16N2O5. The Bertz CT molecular complexity index is 789. The second kappa shape index (κ2) is 7.18. The van der Waals surface area contributed by atoms with Gasteiger partial charge in [-0.25, -0.2) is 14.6 Å². The molecule has 1 fully saturated rings. The molecule has 0 spiro atoms. The largest absolute Gasteiger partial charge is 0.465 e. The molecule has 2 aromatic rings. The predicted molar refractivity (Wildman–Crippen MR) is 93.4 cm³/mol. The van der Waals surface area contributed by atoms with Crippen LogP contribution < -0.4 is 9.80 Å². The van der Waals surface area contributed by atoms with Gasteiger partial charge in [-0.1, -0.05) is 36.4 Å². The quantitative estimate of drug-likeness (QED) is 0.623. The van der Waals surface area contributed by atoms with E-state index in [1.54, 1.807) is 67.6 Å². The van der Waals surface area contributed by atoms with Gasteiger partial charge in [-0.15, -0.1) is 0 Å². The molecule has 2 aromatic carbocycles. The summed E-state index contributed by atoms with van der Waals surface area (Å²) in [6, 6.07) is 15.4. The van der Waals surface area contributed by atoms with Crippen LogP contribution in [0, 0.1) is 5.92 Å². The maximum atomic E-state index is 12.9. The molecule has 3 rings (SSSR count). The van der Waals surface area contributed by atoms with Crippen molar-refractivity contribution in [2.75, 3.05) is 16.4 Å². The molecule has 132 valence electrons. The normalized spacial score (nSPS) is 15.3. The number of barbiturate groups is 1. The van der Waals surface area contributed by atoms with Crippen LogP contribution in [0.5, 0.6) is 0 Å². The Balaban J connectivity index is 2.11. The van der Waals surface area contributed by atoms with Gasteiger partial charge >= 0.3 is 12.0 Å². The van der Waals surface area contributed by atoms with Gasteiger partial charge in [0.2, 0.25) is 5.92 Å². The number of amides is 4. The van der Waals surface area contributed by atoms with Crippen molar-refractivity contribution in [3.63, 3.8) is 0 Å². The average Bonchev–Trinajstić information content (AvgIpc) is 2.63. The molecule has 0 bridgehead atoms. The maximum absolute atomic E-state index is 12.9. The molecule has 0 aliphatic carbocycles. The second-order valence-corrected chi connectivity index (χ2v) is 5.49. The number of rotatable bonds is 4. The molecule has 1 heterocycles. The number of imide groups is 2. The van der Waals surface area contributed by atoms with E-state index in [9.17, 15) is 19.2 Å². The zero-order chi connectivity index (χ0) is 18.7. The highest BCUT2D eigenvalue weighted by Gasteiger charge is 2.51. The first-order chi connectivity index (χ1) is 12.6. The van der Waals surface area contributed by atoms with Gasteiger partial charge in [-0.3, -0.25) is 14.4 Å². The molecule has 0 aromatic heterocycles. The predicted octanol–water partition coefficient (Wildman–Crippen LogP) is 2.37. The number of para-hydroxylation sites is 2. The van der Waals surface area contributed by atoms with E-state index in [0.29, 0.717) is 0 Å². The minimum absolute atomic E-state index is 0.0144. The molecule has 26 heavy (non-hydrogen) atoms. The molecule has 0 atom stereocenters. The van der Waals surface area contributed by atoms with E-state index < -0.39 is 29.7 Å². The fraction of sp³-hybridized carbons (Fsp3) is 0.158. The summed E-state index contributed by atoms with van der Waals surface area (Å²) >= 11 is 0. The fourth-order valence-corrected chi connectivity index (χ4v) is 2.71. The van der Waals surface area contributed by atoms with Gasteiger partial charge in [0.25, 0.3) is 11.8 Å². The number of nitrogens with zero attached hydrogens (tertiary/aromatic N) is 2. The summed E-state index contributed by atoms with van der Waals surface area (Å²) in [5, 5.41) is 0. The topological polar surface area (TPSA) is 84.0 Å². The van der Waals surface area contributed by atoms with Crippen molar-refractivity contribution in [2.24, 2.45) is 5.92 Å². The Kier molecular flexibility index (Phi) is 4.79. The van der Waals surface area contributed by atoms with E-state index in [4.69, 9.17) is 4.74 Å². The van der Waals surface area contributed by atoms with Crippen LogP contribution in [0.2, 0.25) is 0 Å². The molecule has 1 saturated heterocycles. The van der Waals surface area contributed by atoms with Crippen LogP contribution in [0.3, 0.4) is 0 Å². The van der Waals surface area contributed by atoms with Crippen LogP contribution in [0.15, 0.2) is 60.7 Å². The van der Waals surface area contributed by atoms with E-state index in [1.165, 1.54) is 0 Å². The van der Waals surface area contributed by atoms with Gasteiger partial charge in [-0.2, -0.15) is 0 Å². The Hall–Kier alpha value is -3.48. The summed E-state index contributed by atoms with van der Waals surface area (Å²) in [5.41, 5.74) is 0.537. The van der Waals surface area contributed by atoms with Gasteiger partial charge in [-0.05, 0) is 31.2 Å². The Morgan fingerprint density at radius 1 is 0.846 bits per heavy atom. The molecule has 0 radical (unpaired) electrons. The lowest BCUT2D eigenvalue weighted by Gasteiger charge is -2.35. The van der Waals surface area contributed by atoms with E-state index >= 15 is 0 Å². The molecule has 0 saturated carbocycles.